The average molecular weight is 312 g/mol. The minimum atomic E-state index is -3.63. The standard InChI is InChI=1S/C15H24N2O3S/c1-11-8-14(16)12(2)15(9-11)21(19,20)17-7-5-3-4-6-13(17)10-18/h8-9,13,18H,3-7,10,16H2,1-2H3. The number of hydrogen-bond acceptors (Lipinski definition) is 4. The number of anilines is 1. The van der Waals surface area contributed by atoms with Crippen LogP contribution in [0.2, 0.25) is 0 Å². The highest BCUT2D eigenvalue weighted by Gasteiger charge is 2.33. The highest BCUT2D eigenvalue weighted by atomic mass is 32.2. The Kier molecular flexibility index (Phi) is 4.91. The molecule has 118 valence electrons. The Morgan fingerprint density at radius 1 is 1.29 bits per heavy atom. The second-order valence-corrected chi connectivity index (χ2v) is 7.64. The lowest BCUT2D eigenvalue weighted by Crippen LogP contribution is -2.42. The van der Waals surface area contributed by atoms with Gasteiger partial charge in [-0.2, -0.15) is 4.31 Å². The molecule has 1 fully saturated rings. The smallest absolute Gasteiger partial charge is 0.243 e. The molecule has 5 nitrogen and oxygen atoms in total. The van der Waals surface area contributed by atoms with Crippen molar-refractivity contribution in [1.29, 1.82) is 0 Å². The monoisotopic (exact) mass is 312 g/mol. The van der Waals surface area contributed by atoms with Crippen LogP contribution in [0.1, 0.15) is 36.8 Å². The fourth-order valence-corrected chi connectivity index (χ4v) is 4.92. The second-order valence-electron chi connectivity index (χ2n) is 5.78. The molecule has 2 rings (SSSR count). The van der Waals surface area contributed by atoms with E-state index in [1.165, 1.54) is 4.31 Å². The lowest BCUT2D eigenvalue weighted by Gasteiger charge is -2.28. The third-order valence-electron chi connectivity index (χ3n) is 4.17. The van der Waals surface area contributed by atoms with Crippen LogP contribution in [0, 0.1) is 13.8 Å². The van der Waals surface area contributed by atoms with Gasteiger partial charge in [0.1, 0.15) is 0 Å². The number of hydrogen-bond donors (Lipinski definition) is 2. The number of sulfonamides is 1. The Morgan fingerprint density at radius 3 is 2.67 bits per heavy atom. The molecule has 3 N–H and O–H groups in total. The number of benzene rings is 1. The topological polar surface area (TPSA) is 83.6 Å². The lowest BCUT2D eigenvalue weighted by molar-refractivity contribution is 0.186. The zero-order valence-corrected chi connectivity index (χ0v) is 13.5. The van der Waals surface area contributed by atoms with Crippen LogP contribution in [0.5, 0.6) is 0 Å². The van der Waals surface area contributed by atoms with E-state index in [1.54, 1.807) is 19.1 Å². The molecule has 1 heterocycles. The summed E-state index contributed by atoms with van der Waals surface area (Å²) in [6, 6.07) is 3.11. The molecule has 0 amide bonds. The molecule has 1 atom stereocenters. The first kappa shape index (κ1) is 16.3. The van der Waals surface area contributed by atoms with Gasteiger partial charge in [0, 0.05) is 18.3 Å². The zero-order chi connectivity index (χ0) is 15.6. The van der Waals surface area contributed by atoms with Crippen LogP contribution in [0.25, 0.3) is 0 Å². The van der Waals surface area contributed by atoms with Crippen LogP contribution in [-0.4, -0.2) is 37.0 Å². The number of nitrogens with zero attached hydrogens (tertiary/aromatic N) is 1. The molecule has 0 saturated carbocycles. The van der Waals surface area contributed by atoms with Crippen LogP contribution in [0.3, 0.4) is 0 Å². The van der Waals surface area contributed by atoms with Gasteiger partial charge in [0.2, 0.25) is 10.0 Å². The lowest BCUT2D eigenvalue weighted by atomic mass is 10.1. The summed E-state index contributed by atoms with van der Waals surface area (Å²) >= 11 is 0. The quantitative estimate of drug-likeness (QED) is 0.834. The van der Waals surface area contributed by atoms with Crippen molar-refractivity contribution >= 4 is 15.7 Å². The largest absolute Gasteiger partial charge is 0.398 e. The molecule has 0 spiro atoms. The summed E-state index contributed by atoms with van der Waals surface area (Å²) in [5.74, 6) is 0. The van der Waals surface area contributed by atoms with E-state index in [4.69, 9.17) is 5.73 Å². The maximum atomic E-state index is 13.0. The average Bonchev–Trinajstić information content (AvgIpc) is 2.68. The second kappa shape index (κ2) is 6.34. The van der Waals surface area contributed by atoms with E-state index in [0.717, 1.165) is 24.8 Å². The Bertz CT molecular complexity index is 614. The van der Waals surface area contributed by atoms with Gasteiger partial charge in [0.15, 0.2) is 0 Å². The highest BCUT2D eigenvalue weighted by molar-refractivity contribution is 7.89. The van der Waals surface area contributed by atoms with Gasteiger partial charge in [0.25, 0.3) is 0 Å². The Hall–Kier alpha value is -1.11. The fraction of sp³-hybridized carbons (Fsp3) is 0.600. The first-order valence-electron chi connectivity index (χ1n) is 7.37. The first-order valence-corrected chi connectivity index (χ1v) is 8.81. The maximum Gasteiger partial charge on any atom is 0.243 e. The fourth-order valence-electron chi connectivity index (χ4n) is 2.90. The minimum Gasteiger partial charge on any atom is -0.398 e. The molecule has 1 aromatic carbocycles. The van der Waals surface area contributed by atoms with Gasteiger partial charge >= 0.3 is 0 Å². The van der Waals surface area contributed by atoms with Gasteiger partial charge in [-0.25, -0.2) is 8.42 Å². The van der Waals surface area contributed by atoms with Crippen molar-refractivity contribution in [3.63, 3.8) is 0 Å². The number of aliphatic hydroxyl groups excluding tert-OH is 1. The van der Waals surface area contributed by atoms with E-state index in [1.807, 2.05) is 6.92 Å². The molecule has 21 heavy (non-hydrogen) atoms. The van der Waals surface area contributed by atoms with Gasteiger partial charge in [0.05, 0.1) is 11.5 Å². The molecule has 1 unspecified atom stereocenters. The third kappa shape index (κ3) is 3.22. The van der Waals surface area contributed by atoms with E-state index in [0.29, 0.717) is 24.2 Å². The predicted octanol–water partition coefficient (Wildman–Crippen LogP) is 1.81. The maximum absolute atomic E-state index is 13.0. The molecule has 1 aliphatic rings. The Balaban J connectivity index is 2.50. The Morgan fingerprint density at radius 2 is 2.00 bits per heavy atom. The number of rotatable bonds is 3. The molecule has 0 aliphatic carbocycles. The molecule has 0 bridgehead atoms. The van der Waals surface area contributed by atoms with Crippen molar-refractivity contribution in [2.45, 2.75) is 50.5 Å². The number of aryl methyl sites for hydroxylation is 1. The van der Waals surface area contributed by atoms with Crippen LogP contribution in [0.15, 0.2) is 17.0 Å². The normalized spacial score (nSPS) is 21.2. The Labute approximate surface area is 126 Å². The summed E-state index contributed by atoms with van der Waals surface area (Å²) < 4.78 is 27.4. The van der Waals surface area contributed by atoms with Crippen molar-refractivity contribution in [3.8, 4) is 0 Å². The molecule has 0 aromatic heterocycles. The van der Waals surface area contributed by atoms with E-state index in [-0.39, 0.29) is 17.5 Å². The molecule has 1 aromatic rings. The summed E-state index contributed by atoms with van der Waals surface area (Å²) in [6.07, 6.45) is 3.48. The van der Waals surface area contributed by atoms with Crippen molar-refractivity contribution in [2.24, 2.45) is 0 Å². The van der Waals surface area contributed by atoms with Crippen molar-refractivity contribution < 1.29 is 13.5 Å². The zero-order valence-electron chi connectivity index (χ0n) is 12.7. The van der Waals surface area contributed by atoms with Gasteiger partial charge in [-0.15, -0.1) is 0 Å². The summed E-state index contributed by atoms with van der Waals surface area (Å²) in [6.45, 7) is 3.88. The van der Waals surface area contributed by atoms with Crippen LogP contribution < -0.4 is 5.73 Å². The molecule has 0 radical (unpaired) electrons. The molecule has 1 aliphatic heterocycles. The first-order chi connectivity index (χ1) is 9.87. The van der Waals surface area contributed by atoms with Crippen LogP contribution in [-0.2, 0) is 10.0 Å². The highest BCUT2D eigenvalue weighted by Crippen LogP contribution is 2.29. The van der Waals surface area contributed by atoms with E-state index in [2.05, 4.69) is 0 Å². The minimum absolute atomic E-state index is 0.139. The van der Waals surface area contributed by atoms with Gasteiger partial charge in [-0.1, -0.05) is 12.8 Å². The van der Waals surface area contributed by atoms with Gasteiger partial charge in [-0.05, 0) is 49.9 Å². The van der Waals surface area contributed by atoms with Crippen LogP contribution in [0.4, 0.5) is 5.69 Å². The number of nitrogen functional groups attached to an aromatic ring is 1. The van der Waals surface area contributed by atoms with Crippen molar-refractivity contribution in [1.82, 2.24) is 4.31 Å². The van der Waals surface area contributed by atoms with Gasteiger partial charge in [-0.3, -0.25) is 0 Å². The number of nitrogens with two attached hydrogens (primary N) is 1. The van der Waals surface area contributed by atoms with Crippen molar-refractivity contribution in [3.05, 3.63) is 23.3 Å². The van der Waals surface area contributed by atoms with Gasteiger partial charge < -0.3 is 10.8 Å². The molecular weight excluding hydrogens is 288 g/mol. The predicted molar refractivity (Wildman–Crippen MR) is 83.6 cm³/mol. The summed E-state index contributed by atoms with van der Waals surface area (Å²) in [4.78, 5) is 0.264. The van der Waals surface area contributed by atoms with E-state index < -0.39 is 10.0 Å². The SMILES string of the molecule is Cc1cc(N)c(C)c(S(=O)(=O)N2CCCCCC2CO)c1. The summed E-state index contributed by atoms with van der Waals surface area (Å²) in [7, 11) is -3.63. The molecular formula is C15H24N2O3S. The summed E-state index contributed by atoms with van der Waals surface area (Å²) in [5, 5.41) is 9.54. The molecule has 1 saturated heterocycles. The number of aliphatic hydroxyl groups is 1. The van der Waals surface area contributed by atoms with Crippen molar-refractivity contribution in [2.75, 3.05) is 18.9 Å². The van der Waals surface area contributed by atoms with Crippen LogP contribution >= 0.6 is 0 Å². The third-order valence-corrected chi connectivity index (χ3v) is 6.24. The van der Waals surface area contributed by atoms with E-state index >= 15 is 0 Å². The summed E-state index contributed by atoms with van der Waals surface area (Å²) in [5.41, 5.74) is 7.81. The molecule has 6 heteroatoms. The van der Waals surface area contributed by atoms with E-state index in [9.17, 15) is 13.5 Å².